The number of hydrogen-bond donors (Lipinski definition) is 3. The quantitative estimate of drug-likeness (QED) is 0.267. The molecule has 0 radical (unpaired) electrons. The van der Waals surface area contributed by atoms with Crippen molar-refractivity contribution >= 4 is 28.9 Å². The van der Waals surface area contributed by atoms with Crippen LogP contribution in [0.1, 0.15) is 54.7 Å². The zero-order chi connectivity index (χ0) is 32.6. The van der Waals surface area contributed by atoms with E-state index in [1.807, 2.05) is 13.8 Å². The molecule has 236 valence electrons. The molecule has 0 bridgehead atoms. The molecule has 1 unspecified atom stereocenters. The molecule has 4 aromatic rings. The molecule has 4 N–H and O–H groups in total. The minimum atomic E-state index is -1.09. The fraction of sp³-hybridized carbons (Fsp3) is 0.355. The van der Waals surface area contributed by atoms with E-state index in [9.17, 15) is 24.6 Å². The Morgan fingerprint density at radius 3 is 2.53 bits per heavy atom. The van der Waals surface area contributed by atoms with Crippen molar-refractivity contribution in [1.82, 2.24) is 24.4 Å². The van der Waals surface area contributed by atoms with Crippen LogP contribution in [-0.4, -0.2) is 78.9 Å². The van der Waals surface area contributed by atoms with Gasteiger partial charge in [-0.05, 0) is 55.5 Å². The number of amides is 2. The molecule has 1 aromatic carbocycles. The molecule has 4 heterocycles. The highest BCUT2D eigenvalue weighted by Gasteiger charge is 2.32. The van der Waals surface area contributed by atoms with Crippen molar-refractivity contribution in [3.63, 3.8) is 0 Å². The first-order valence-corrected chi connectivity index (χ1v) is 14.5. The summed E-state index contributed by atoms with van der Waals surface area (Å²) in [6.07, 6.45) is 1.25. The first-order valence-electron chi connectivity index (χ1n) is 14.5. The van der Waals surface area contributed by atoms with Gasteiger partial charge in [0.2, 0.25) is 5.91 Å². The number of nitrogens with zero attached hydrogens (tertiary/aromatic N) is 6. The van der Waals surface area contributed by atoms with E-state index in [2.05, 4.69) is 15.0 Å². The van der Waals surface area contributed by atoms with Crippen molar-refractivity contribution < 1.29 is 28.6 Å². The van der Waals surface area contributed by atoms with Crippen molar-refractivity contribution in [2.75, 3.05) is 31.1 Å². The molecule has 1 fully saturated rings. The van der Waals surface area contributed by atoms with E-state index in [-0.39, 0.29) is 54.6 Å². The van der Waals surface area contributed by atoms with Crippen LogP contribution in [0, 0.1) is 11.6 Å². The number of aliphatic hydroxyl groups is 1. The predicted octanol–water partition coefficient (Wildman–Crippen LogP) is 3.46. The number of nitrogens with two attached hydrogens (primary N) is 1. The van der Waals surface area contributed by atoms with Gasteiger partial charge in [-0.25, -0.2) is 27.9 Å². The number of aryl methyl sites for hydroxylation is 1. The summed E-state index contributed by atoms with van der Waals surface area (Å²) < 4.78 is 32.6. The van der Waals surface area contributed by atoms with Gasteiger partial charge in [0.05, 0.1) is 27.9 Å². The number of carbonyl (C=O) groups excluding carboxylic acids is 1. The van der Waals surface area contributed by atoms with E-state index in [0.717, 1.165) is 12.1 Å². The first-order chi connectivity index (χ1) is 21.4. The summed E-state index contributed by atoms with van der Waals surface area (Å²) in [7, 11) is 0. The van der Waals surface area contributed by atoms with Gasteiger partial charge in [0, 0.05) is 38.5 Å². The minimum absolute atomic E-state index is 0.0758. The molecule has 5 rings (SSSR count). The van der Waals surface area contributed by atoms with Crippen LogP contribution < -0.4 is 16.3 Å². The summed E-state index contributed by atoms with van der Waals surface area (Å²) >= 11 is 0. The van der Waals surface area contributed by atoms with Gasteiger partial charge in [-0.15, -0.1) is 0 Å². The third-order valence-electron chi connectivity index (χ3n) is 7.90. The SMILES string of the molecule is CC(C)c1nccc(CCCO)c1-n1c(=O)nc(N2CCN(C(=O)O)CC2C)c2cc(F)c(-c3c(F)cccc3C(N)=O)nc21. The maximum atomic E-state index is 16.1. The van der Waals surface area contributed by atoms with E-state index < -0.39 is 46.6 Å². The summed E-state index contributed by atoms with van der Waals surface area (Å²) in [5, 5.41) is 19.2. The highest BCUT2D eigenvalue weighted by molar-refractivity contribution is 6.00. The predicted molar refractivity (Wildman–Crippen MR) is 163 cm³/mol. The monoisotopic (exact) mass is 621 g/mol. The van der Waals surface area contributed by atoms with E-state index in [4.69, 9.17) is 5.73 Å². The zero-order valence-corrected chi connectivity index (χ0v) is 25.0. The van der Waals surface area contributed by atoms with Crippen LogP contribution in [0.4, 0.5) is 19.4 Å². The third kappa shape index (κ3) is 5.80. The van der Waals surface area contributed by atoms with Crippen molar-refractivity contribution in [1.29, 1.82) is 0 Å². The van der Waals surface area contributed by atoms with Crippen LogP contribution in [-0.2, 0) is 6.42 Å². The van der Waals surface area contributed by atoms with Gasteiger partial charge >= 0.3 is 11.8 Å². The zero-order valence-electron chi connectivity index (χ0n) is 25.0. The Hall–Kier alpha value is -4.98. The molecule has 2 amide bonds. The number of piperazine rings is 1. The number of primary amides is 1. The van der Waals surface area contributed by atoms with E-state index in [1.54, 1.807) is 24.1 Å². The fourth-order valence-corrected chi connectivity index (χ4v) is 5.78. The number of rotatable bonds is 8. The van der Waals surface area contributed by atoms with Crippen molar-refractivity contribution in [2.45, 2.75) is 45.6 Å². The molecule has 0 saturated carbocycles. The van der Waals surface area contributed by atoms with E-state index in [0.29, 0.717) is 29.8 Å². The van der Waals surface area contributed by atoms with Crippen molar-refractivity contribution in [2.24, 2.45) is 5.73 Å². The second kappa shape index (κ2) is 12.6. The number of hydrogen-bond acceptors (Lipinski definition) is 8. The number of aliphatic hydroxyl groups excluding tert-OH is 1. The first kappa shape index (κ1) is 31.4. The second-order valence-electron chi connectivity index (χ2n) is 11.2. The Morgan fingerprint density at radius 2 is 1.89 bits per heavy atom. The molecule has 0 aliphatic carbocycles. The van der Waals surface area contributed by atoms with Crippen LogP contribution in [0.3, 0.4) is 0 Å². The number of benzene rings is 1. The molecule has 0 spiro atoms. The number of aromatic nitrogens is 4. The number of halogens is 2. The van der Waals surface area contributed by atoms with Gasteiger partial charge in [0.1, 0.15) is 17.3 Å². The van der Waals surface area contributed by atoms with Gasteiger partial charge in [0.15, 0.2) is 11.5 Å². The average molecular weight is 622 g/mol. The highest BCUT2D eigenvalue weighted by Crippen LogP contribution is 2.35. The summed E-state index contributed by atoms with van der Waals surface area (Å²) in [4.78, 5) is 54.4. The van der Waals surface area contributed by atoms with Crippen LogP contribution in [0.25, 0.3) is 28.0 Å². The molecule has 1 atom stereocenters. The van der Waals surface area contributed by atoms with Crippen LogP contribution in [0.5, 0.6) is 0 Å². The number of carbonyl (C=O) groups is 2. The number of anilines is 1. The van der Waals surface area contributed by atoms with Gasteiger partial charge in [-0.2, -0.15) is 4.98 Å². The Labute approximate surface area is 256 Å². The average Bonchev–Trinajstić information content (AvgIpc) is 2.99. The van der Waals surface area contributed by atoms with E-state index in [1.165, 1.54) is 21.6 Å². The third-order valence-corrected chi connectivity index (χ3v) is 7.90. The fourth-order valence-electron chi connectivity index (χ4n) is 5.78. The Bertz CT molecular complexity index is 1860. The Morgan fingerprint density at radius 1 is 1.13 bits per heavy atom. The summed E-state index contributed by atoms with van der Waals surface area (Å²) in [5.41, 5.74) is 4.90. The number of pyridine rings is 2. The molecule has 45 heavy (non-hydrogen) atoms. The molecule has 1 aliphatic rings. The molecule has 14 heteroatoms. The maximum Gasteiger partial charge on any atom is 0.407 e. The lowest BCUT2D eigenvalue weighted by molar-refractivity contribution is 0.1000. The standard InChI is InChI=1S/C31H33F2N7O5/c1-16(2)24-26(18(6-5-13-41)9-10-35-24)40-29-20(28(37-30(40)43)39-12-11-38(31(44)45)15-17(39)3)14-22(33)25(36-29)23-19(27(34)42)7-4-8-21(23)32/h4,7-10,14,16-17,41H,5-6,11-13,15H2,1-3H3,(H2,34,42)(H,44,45). The molecule has 3 aromatic heterocycles. The normalized spacial score (nSPS) is 15.2. The van der Waals surface area contributed by atoms with Crippen molar-refractivity contribution in [3.05, 3.63) is 75.5 Å². The van der Waals surface area contributed by atoms with Crippen LogP contribution in [0.2, 0.25) is 0 Å². The topological polar surface area (TPSA) is 168 Å². The maximum absolute atomic E-state index is 16.1. The largest absolute Gasteiger partial charge is 0.465 e. The Kier molecular flexibility index (Phi) is 8.77. The van der Waals surface area contributed by atoms with Crippen LogP contribution in [0.15, 0.2) is 41.3 Å². The van der Waals surface area contributed by atoms with Crippen LogP contribution >= 0.6 is 0 Å². The highest BCUT2D eigenvalue weighted by atomic mass is 19.1. The molecule has 1 saturated heterocycles. The smallest absolute Gasteiger partial charge is 0.407 e. The Balaban J connectivity index is 1.89. The summed E-state index contributed by atoms with van der Waals surface area (Å²) in [6, 6.07) is 5.93. The van der Waals surface area contributed by atoms with E-state index >= 15 is 8.78 Å². The van der Waals surface area contributed by atoms with Gasteiger partial charge < -0.3 is 25.7 Å². The minimum Gasteiger partial charge on any atom is -0.465 e. The molecule has 12 nitrogen and oxygen atoms in total. The van der Waals surface area contributed by atoms with Gasteiger partial charge in [0.25, 0.3) is 0 Å². The summed E-state index contributed by atoms with van der Waals surface area (Å²) in [5.74, 6) is -3.03. The lowest BCUT2D eigenvalue weighted by atomic mass is 10.0. The van der Waals surface area contributed by atoms with Crippen molar-refractivity contribution in [3.8, 4) is 16.9 Å². The molecule has 1 aliphatic heterocycles. The van der Waals surface area contributed by atoms with Gasteiger partial charge in [-0.3, -0.25) is 9.78 Å². The lowest BCUT2D eigenvalue weighted by Crippen LogP contribution is -2.54. The molecular formula is C31H33F2N7O5. The second-order valence-corrected chi connectivity index (χ2v) is 11.2. The number of carboxylic acid groups (broad SMARTS) is 1. The lowest BCUT2D eigenvalue weighted by Gasteiger charge is -2.39. The summed E-state index contributed by atoms with van der Waals surface area (Å²) in [6.45, 7) is 5.81. The molecular weight excluding hydrogens is 588 g/mol. The number of fused-ring (bicyclic) bond motifs is 1. The van der Waals surface area contributed by atoms with Gasteiger partial charge in [-0.1, -0.05) is 19.9 Å².